The van der Waals surface area contributed by atoms with Gasteiger partial charge in [-0.3, -0.25) is 19.2 Å². The molecule has 1 aromatic heterocycles. The molecule has 0 spiro atoms. The number of carbonyl (C=O) groups excluding carboxylic acids is 2. The number of esters is 1. The summed E-state index contributed by atoms with van der Waals surface area (Å²) in [6.45, 7) is 0.350. The summed E-state index contributed by atoms with van der Waals surface area (Å²) in [5, 5.41) is 4.13. The van der Waals surface area contributed by atoms with E-state index in [2.05, 4.69) is 9.84 Å². The second-order valence-corrected chi connectivity index (χ2v) is 3.78. The van der Waals surface area contributed by atoms with Crippen LogP contribution >= 0.6 is 0 Å². The molecule has 1 unspecified atom stereocenters. The van der Waals surface area contributed by atoms with Gasteiger partial charge in [-0.2, -0.15) is 5.10 Å². The van der Waals surface area contributed by atoms with Crippen molar-refractivity contribution in [2.75, 3.05) is 18.6 Å². The average molecular weight is 223 g/mol. The molecule has 0 bridgehead atoms. The number of anilines is 1. The molecule has 1 aliphatic heterocycles. The average Bonchev–Trinajstić information content (AvgIpc) is 2.83. The number of hydrogen-bond acceptors (Lipinski definition) is 4. The van der Waals surface area contributed by atoms with E-state index in [1.54, 1.807) is 24.0 Å². The fourth-order valence-corrected chi connectivity index (χ4v) is 1.80. The predicted molar refractivity (Wildman–Crippen MR) is 55.7 cm³/mol. The predicted octanol–water partition coefficient (Wildman–Crippen LogP) is -0.0540. The van der Waals surface area contributed by atoms with Crippen molar-refractivity contribution in [3.8, 4) is 0 Å². The molecule has 1 saturated heterocycles. The van der Waals surface area contributed by atoms with Crippen LogP contribution in [-0.2, 0) is 21.4 Å². The van der Waals surface area contributed by atoms with Gasteiger partial charge >= 0.3 is 5.97 Å². The Morgan fingerprint density at radius 3 is 2.94 bits per heavy atom. The van der Waals surface area contributed by atoms with Gasteiger partial charge in [0.1, 0.15) is 0 Å². The van der Waals surface area contributed by atoms with E-state index in [4.69, 9.17) is 0 Å². The number of amides is 1. The van der Waals surface area contributed by atoms with Gasteiger partial charge < -0.3 is 4.74 Å². The maximum absolute atomic E-state index is 11.7. The van der Waals surface area contributed by atoms with E-state index < -0.39 is 0 Å². The fraction of sp³-hybridized carbons (Fsp3) is 0.500. The smallest absolute Gasteiger partial charge is 0.311 e. The Bertz CT molecular complexity index is 427. The molecule has 1 aliphatic rings. The Labute approximate surface area is 92.8 Å². The summed E-state index contributed by atoms with van der Waals surface area (Å²) in [6, 6.07) is 1.75. The minimum absolute atomic E-state index is 0.0888. The summed E-state index contributed by atoms with van der Waals surface area (Å²) in [7, 11) is 3.11. The van der Waals surface area contributed by atoms with Crippen LogP contribution in [0.2, 0.25) is 0 Å². The van der Waals surface area contributed by atoms with E-state index in [0.29, 0.717) is 12.4 Å². The van der Waals surface area contributed by atoms with Crippen molar-refractivity contribution >= 4 is 17.7 Å². The van der Waals surface area contributed by atoms with E-state index in [-0.39, 0.29) is 24.2 Å². The molecule has 1 atom stereocenters. The molecule has 1 aromatic rings. The molecule has 0 N–H and O–H groups in total. The molecule has 16 heavy (non-hydrogen) atoms. The first kappa shape index (κ1) is 10.7. The SMILES string of the molecule is COC(=O)C1CC(=O)N(c2ccn(C)n2)C1. The van der Waals surface area contributed by atoms with Gasteiger partial charge in [0.2, 0.25) is 5.91 Å². The van der Waals surface area contributed by atoms with Crippen LogP contribution in [0.25, 0.3) is 0 Å². The number of methoxy groups -OCH3 is 1. The standard InChI is InChI=1S/C10H13N3O3/c1-12-4-3-8(11-12)13-6-7(5-9(13)14)10(15)16-2/h3-4,7H,5-6H2,1-2H3. The quantitative estimate of drug-likeness (QED) is 0.659. The number of ether oxygens (including phenoxy) is 1. The van der Waals surface area contributed by atoms with Crippen LogP contribution in [-0.4, -0.2) is 35.3 Å². The van der Waals surface area contributed by atoms with Crippen LogP contribution in [0.1, 0.15) is 6.42 Å². The maximum Gasteiger partial charge on any atom is 0.311 e. The highest BCUT2D eigenvalue weighted by atomic mass is 16.5. The number of carbonyl (C=O) groups is 2. The summed E-state index contributed by atoms with van der Waals surface area (Å²) < 4.78 is 6.25. The Balaban J connectivity index is 2.14. The fourth-order valence-electron chi connectivity index (χ4n) is 1.80. The van der Waals surface area contributed by atoms with Gasteiger partial charge in [-0.15, -0.1) is 0 Å². The number of nitrogens with zero attached hydrogens (tertiary/aromatic N) is 3. The topological polar surface area (TPSA) is 64.4 Å². The van der Waals surface area contributed by atoms with Crippen LogP contribution in [0.5, 0.6) is 0 Å². The van der Waals surface area contributed by atoms with Gasteiger partial charge in [0, 0.05) is 32.3 Å². The maximum atomic E-state index is 11.7. The number of rotatable bonds is 2. The lowest BCUT2D eigenvalue weighted by Gasteiger charge is -2.12. The molecule has 86 valence electrons. The third kappa shape index (κ3) is 1.78. The molecule has 6 nitrogen and oxygen atoms in total. The zero-order valence-corrected chi connectivity index (χ0v) is 9.21. The Morgan fingerprint density at radius 1 is 1.62 bits per heavy atom. The second-order valence-electron chi connectivity index (χ2n) is 3.78. The summed E-state index contributed by atoms with van der Waals surface area (Å²) >= 11 is 0. The molecule has 0 aliphatic carbocycles. The lowest BCUT2D eigenvalue weighted by atomic mass is 10.1. The van der Waals surface area contributed by atoms with Gasteiger partial charge in [0.25, 0.3) is 0 Å². The zero-order chi connectivity index (χ0) is 11.7. The summed E-state index contributed by atoms with van der Waals surface area (Å²) in [5.74, 6) is -0.223. The normalized spacial score (nSPS) is 20.2. The minimum atomic E-state index is -0.375. The van der Waals surface area contributed by atoms with Crippen molar-refractivity contribution in [1.82, 2.24) is 9.78 Å². The number of hydrogen-bond donors (Lipinski definition) is 0. The van der Waals surface area contributed by atoms with Crippen molar-refractivity contribution in [2.45, 2.75) is 6.42 Å². The highest BCUT2D eigenvalue weighted by Gasteiger charge is 2.36. The van der Waals surface area contributed by atoms with E-state index in [1.165, 1.54) is 12.0 Å². The van der Waals surface area contributed by atoms with Crippen molar-refractivity contribution in [3.63, 3.8) is 0 Å². The van der Waals surface area contributed by atoms with E-state index in [9.17, 15) is 9.59 Å². The summed E-state index contributed by atoms with van der Waals surface area (Å²) in [6.07, 6.45) is 1.96. The van der Waals surface area contributed by atoms with Crippen molar-refractivity contribution in [1.29, 1.82) is 0 Å². The van der Waals surface area contributed by atoms with E-state index in [0.717, 1.165) is 0 Å². The van der Waals surface area contributed by atoms with Crippen LogP contribution in [0.15, 0.2) is 12.3 Å². The molecule has 0 aromatic carbocycles. The first-order valence-electron chi connectivity index (χ1n) is 4.99. The van der Waals surface area contributed by atoms with E-state index in [1.807, 2.05) is 0 Å². The number of aromatic nitrogens is 2. The molecule has 2 rings (SSSR count). The summed E-state index contributed by atoms with van der Waals surface area (Å²) in [5.41, 5.74) is 0. The first-order chi connectivity index (χ1) is 7.61. The van der Waals surface area contributed by atoms with Crippen molar-refractivity contribution < 1.29 is 14.3 Å². The van der Waals surface area contributed by atoms with Crippen LogP contribution < -0.4 is 4.90 Å². The van der Waals surface area contributed by atoms with Crippen molar-refractivity contribution in [3.05, 3.63) is 12.3 Å². The largest absolute Gasteiger partial charge is 0.469 e. The highest BCUT2D eigenvalue weighted by molar-refractivity contribution is 5.98. The second kappa shape index (κ2) is 3.96. The third-order valence-corrected chi connectivity index (χ3v) is 2.64. The number of aryl methyl sites for hydroxylation is 1. The lowest BCUT2D eigenvalue weighted by molar-refractivity contribution is -0.145. The van der Waals surface area contributed by atoms with Gasteiger partial charge in [-0.1, -0.05) is 0 Å². The molecule has 0 saturated carbocycles. The molecular formula is C10H13N3O3. The van der Waals surface area contributed by atoms with Gasteiger partial charge in [-0.25, -0.2) is 0 Å². The van der Waals surface area contributed by atoms with Gasteiger partial charge in [0.15, 0.2) is 5.82 Å². The Hall–Kier alpha value is -1.85. The zero-order valence-electron chi connectivity index (χ0n) is 9.21. The summed E-state index contributed by atoms with van der Waals surface area (Å²) in [4.78, 5) is 24.5. The van der Waals surface area contributed by atoms with Gasteiger partial charge in [0.05, 0.1) is 13.0 Å². The molecular weight excluding hydrogens is 210 g/mol. The van der Waals surface area contributed by atoms with Crippen LogP contribution in [0, 0.1) is 5.92 Å². The Kier molecular flexibility index (Phi) is 2.64. The molecule has 1 fully saturated rings. The van der Waals surface area contributed by atoms with Crippen molar-refractivity contribution in [2.24, 2.45) is 13.0 Å². The lowest BCUT2D eigenvalue weighted by Crippen LogP contribution is -2.26. The molecule has 2 heterocycles. The minimum Gasteiger partial charge on any atom is -0.469 e. The van der Waals surface area contributed by atoms with E-state index >= 15 is 0 Å². The molecule has 0 radical (unpaired) electrons. The Morgan fingerprint density at radius 2 is 2.38 bits per heavy atom. The molecule has 1 amide bonds. The highest BCUT2D eigenvalue weighted by Crippen LogP contribution is 2.23. The van der Waals surface area contributed by atoms with Crippen LogP contribution in [0.4, 0.5) is 5.82 Å². The van der Waals surface area contributed by atoms with Gasteiger partial charge in [-0.05, 0) is 0 Å². The third-order valence-electron chi connectivity index (χ3n) is 2.64. The van der Waals surface area contributed by atoms with Crippen LogP contribution in [0.3, 0.4) is 0 Å². The monoisotopic (exact) mass is 223 g/mol. The first-order valence-corrected chi connectivity index (χ1v) is 4.99. The molecule has 6 heteroatoms.